The molecule has 1 fully saturated rings. The summed E-state index contributed by atoms with van der Waals surface area (Å²) in [6.07, 6.45) is 5.80. The van der Waals surface area contributed by atoms with Crippen LogP contribution >= 0.6 is 11.6 Å². The molecule has 11 heteroatoms. The van der Waals surface area contributed by atoms with Gasteiger partial charge in [-0.3, -0.25) is 0 Å². The Kier molecular flexibility index (Phi) is 5.31. The zero-order valence-corrected chi connectivity index (χ0v) is 17.9. The zero-order chi connectivity index (χ0) is 21.7. The Labute approximate surface area is 178 Å². The van der Waals surface area contributed by atoms with Crippen LogP contribution in [0.5, 0.6) is 0 Å². The number of hydrogen-bond acceptors (Lipinski definition) is 4. The fourth-order valence-electron chi connectivity index (χ4n) is 4.42. The van der Waals surface area contributed by atoms with E-state index in [1.165, 1.54) is 6.33 Å². The highest BCUT2D eigenvalue weighted by molar-refractivity contribution is 7.89. The number of hydrogen-bond donors (Lipinski definition) is 1. The lowest BCUT2D eigenvalue weighted by Gasteiger charge is -2.50. The number of rotatable bonds is 4. The summed E-state index contributed by atoms with van der Waals surface area (Å²) in [5.41, 5.74) is -3.75. The maximum Gasteiger partial charge on any atom is 0.511 e. The van der Waals surface area contributed by atoms with Gasteiger partial charge in [0.1, 0.15) is 0 Å². The fraction of sp³-hybridized carbons (Fsp3) is 0.526. The van der Waals surface area contributed by atoms with Gasteiger partial charge in [-0.15, -0.1) is 0 Å². The van der Waals surface area contributed by atoms with Crippen LogP contribution in [0.3, 0.4) is 0 Å². The topological polar surface area (TPSA) is 69.3 Å². The summed E-state index contributed by atoms with van der Waals surface area (Å²) in [5, 5.41) is 0.341. The predicted molar refractivity (Wildman–Crippen MR) is 107 cm³/mol. The van der Waals surface area contributed by atoms with Gasteiger partial charge < -0.3 is 9.88 Å². The number of aromatic amines is 1. The number of aromatic nitrogens is 2. The first-order valence-electron chi connectivity index (χ1n) is 9.60. The molecule has 2 heterocycles. The van der Waals surface area contributed by atoms with Gasteiger partial charge in [0.2, 0.25) is 0 Å². The number of fused-ring (bicyclic) bond motifs is 1. The van der Waals surface area contributed by atoms with Crippen molar-refractivity contribution < 1.29 is 21.6 Å². The minimum atomic E-state index is -5.50. The van der Waals surface area contributed by atoms with Gasteiger partial charge in [0.25, 0.3) is 0 Å². The molecule has 0 saturated heterocycles. The molecule has 1 aliphatic carbocycles. The number of nitrogens with zero attached hydrogens (tertiary/aromatic N) is 3. The molecule has 0 radical (unpaired) electrons. The molecule has 1 atom stereocenters. The minimum Gasteiger partial charge on any atom is -0.361 e. The quantitative estimate of drug-likeness (QED) is 0.735. The summed E-state index contributed by atoms with van der Waals surface area (Å²) >= 11 is 6.11. The Bertz CT molecular complexity index is 1020. The SMILES string of the molecule is CC1([C@@H]2CN(S(=O)(=O)C(F)(F)F)Cc3cc(Cl)ccc3N2Cc2cnc[nH]2)CCC1. The normalized spacial score (nSPS) is 22.3. The number of halogens is 4. The monoisotopic (exact) mass is 462 g/mol. The molecule has 0 spiro atoms. The van der Waals surface area contributed by atoms with Crippen LogP contribution in [0, 0.1) is 5.41 Å². The Morgan fingerprint density at radius 2 is 2.07 bits per heavy atom. The molecule has 1 saturated carbocycles. The summed E-state index contributed by atoms with van der Waals surface area (Å²) in [7, 11) is -5.50. The van der Waals surface area contributed by atoms with Crippen LogP contribution in [-0.2, 0) is 23.1 Å². The predicted octanol–water partition coefficient (Wildman–Crippen LogP) is 4.29. The van der Waals surface area contributed by atoms with E-state index in [4.69, 9.17) is 11.6 Å². The molecule has 1 aliphatic heterocycles. The fourth-order valence-corrected chi connectivity index (χ4v) is 5.55. The first-order chi connectivity index (χ1) is 14.0. The van der Waals surface area contributed by atoms with Crippen molar-refractivity contribution in [3.8, 4) is 0 Å². The van der Waals surface area contributed by atoms with Crippen LogP contribution in [-0.4, -0.2) is 40.8 Å². The second-order valence-corrected chi connectivity index (χ2v) is 10.6. The van der Waals surface area contributed by atoms with Gasteiger partial charge in [-0.2, -0.15) is 17.5 Å². The molecule has 2 aliphatic rings. The molecule has 0 unspecified atom stereocenters. The Morgan fingerprint density at radius 1 is 1.33 bits per heavy atom. The number of alkyl halides is 3. The Morgan fingerprint density at radius 3 is 2.63 bits per heavy atom. The lowest BCUT2D eigenvalue weighted by molar-refractivity contribution is -0.0498. The van der Waals surface area contributed by atoms with Gasteiger partial charge in [-0.1, -0.05) is 24.9 Å². The van der Waals surface area contributed by atoms with Crippen LogP contribution in [0.4, 0.5) is 18.9 Å². The van der Waals surface area contributed by atoms with E-state index in [1.54, 1.807) is 24.4 Å². The molecule has 30 heavy (non-hydrogen) atoms. The van der Waals surface area contributed by atoms with Crippen molar-refractivity contribution in [2.24, 2.45) is 5.41 Å². The lowest BCUT2D eigenvalue weighted by atomic mass is 9.65. The molecule has 1 N–H and O–H groups in total. The highest BCUT2D eigenvalue weighted by atomic mass is 35.5. The van der Waals surface area contributed by atoms with E-state index in [-0.39, 0.29) is 18.5 Å². The second-order valence-electron chi connectivity index (χ2n) is 8.24. The average molecular weight is 463 g/mol. The van der Waals surface area contributed by atoms with E-state index >= 15 is 0 Å². The maximum atomic E-state index is 13.4. The van der Waals surface area contributed by atoms with Crippen molar-refractivity contribution in [2.45, 2.75) is 50.8 Å². The van der Waals surface area contributed by atoms with Gasteiger partial charge in [-0.05, 0) is 42.0 Å². The minimum absolute atomic E-state index is 0.251. The zero-order valence-electron chi connectivity index (χ0n) is 16.3. The van der Waals surface area contributed by atoms with Crippen LogP contribution in [0.25, 0.3) is 0 Å². The molecule has 1 aromatic heterocycles. The van der Waals surface area contributed by atoms with E-state index in [0.29, 0.717) is 27.1 Å². The van der Waals surface area contributed by atoms with Crippen molar-refractivity contribution in [2.75, 3.05) is 11.4 Å². The molecule has 6 nitrogen and oxygen atoms in total. The van der Waals surface area contributed by atoms with Crippen molar-refractivity contribution >= 4 is 27.3 Å². The van der Waals surface area contributed by atoms with Crippen LogP contribution < -0.4 is 4.90 Å². The molecule has 2 aromatic rings. The van der Waals surface area contributed by atoms with Crippen molar-refractivity contribution in [3.63, 3.8) is 0 Å². The Balaban J connectivity index is 1.85. The third-order valence-electron chi connectivity index (χ3n) is 6.28. The van der Waals surface area contributed by atoms with Crippen molar-refractivity contribution in [3.05, 3.63) is 47.0 Å². The molecular formula is C19H22ClF3N4O2S. The molecule has 1 aromatic carbocycles. The van der Waals surface area contributed by atoms with E-state index in [9.17, 15) is 21.6 Å². The lowest BCUT2D eigenvalue weighted by Crippen LogP contribution is -2.55. The molecule has 0 bridgehead atoms. The standard InChI is InChI=1S/C19H22ClF3N4O2S/c1-18(5-2-6-18)17-11-26(30(28,29)19(21,22)23)9-13-7-14(20)3-4-16(13)27(17)10-15-8-24-12-25-15/h3-4,7-8,12,17H,2,5-6,9-11H2,1H3,(H,24,25)/t17-/m0/s1. The van der Waals surface area contributed by atoms with Gasteiger partial charge in [0.15, 0.2) is 0 Å². The summed E-state index contributed by atoms with van der Waals surface area (Å²) in [6, 6.07) is 4.54. The highest BCUT2D eigenvalue weighted by Crippen LogP contribution is 2.49. The van der Waals surface area contributed by atoms with E-state index in [1.807, 2.05) is 11.8 Å². The first-order valence-corrected chi connectivity index (χ1v) is 11.4. The van der Waals surface area contributed by atoms with E-state index in [0.717, 1.165) is 25.0 Å². The number of benzene rings is 1. The second kappa shape index (κ2) is 7.42. The molecule has 0 amide bonds. The number of H-pyrrole nitrogens is 1. The summed E-state index contributed by atoms with van der Waals surface area (Å²) in [4.78, 5) is 9.06. The van der Waals surface area contributed by atoms with Crippen LogP contribution in [0.15, 0.2) is 30.7 Å². The molecule has 164 valence electrons. The van der Waals surface area contributed by atoms with Gasteiger partial charge in [0.05, 0.1) is 18.6 Å². The summed E-state index contributed by atoms with van der Waals surface area (Å²) in [5.74, 6) is 0. The van der Waals surface area contributed by atoms with Crippen LogP contribution in [0.1, 0.15) is 37.4 Å². The smallest absolute Gasteiger partial charge is 0.361 e. The number of anilines is 1. The molecule has 4 rings (SSSR count). The Hall–Kier alpha value is -1.78. The maximum absolute atomic E-state index is 13.4. The highest BCUT2D eigenvalue weighted by Gasteiger charge is 2.54. The summed E-state index contributed by atoms with van der Waals surface area (Å²) in [6.45, 7) is 1.75. The number of sulfonamides is 1. The summed E-state index contributed by atoms with van der Waals surface area (Å²) < 4.78 is 65.7. The van der Waals surface area contributed by atoms with Gasteiger partial charge in [0, 0.05) is 36.0 Å². The largest absolute Gasteiger partial charge is 0.511 e. The third kappa shape index (κ3) is 3.69. The number of imidazole rings is 1. The third-order valence-corrected chi connectivity index (χ3v) is 8.06. The average Bonchev–Trinajstić information content (AvgIpc) is 3.08. The van der Waals surface area contributed by atoms with Gasteiger partial charge in [-0.25, -0.2) is 13.4 Å². The first kappa shape index (κ1) is 21.5. The van der Waals surface area contributed by atoms with E-state index < -0.39 is 21.6 Å². The van der Waals surface area contributed by atoms with Crippen molar-refractivity contribution in [1.82, 2.24) is 14.3 Å². The number of nitrogens with one attached hydrogen (secondary N) is 1. The van der Waals surface area contributed by atoms with Crippen LogP contribution in [0.2, 0.25) is 5.02 Å². The molecular weight excluding hydrogens is 441 g/mol. The van der Waals surface area contributed by atoms with Crippen molar-refractivity contribution in [1.29, 1.82) is 0 Å². The van der Waals surface area contributed by atoms with E-state index in [2.05, 4.69) is 9.97 Å². The van der Waals surface area contributed by atoms with Gasteiger partial charge >= 0.3 is 15.5 Å².